The van der Waals surface area contributed by atoms with E-state index >= 15 is 0 Å². The average Bonchev–Trinajstić information content (AvgIpc) is 2.38. The molecule has 0 bridgehead atoms. The maximum absolute atomic E-state index is 12.2. The summed E-state index contributed by atoms with van der Waals surface area (Å²) in [5.74, 6) is -0.168. The van der Waals surface area contributed by atoms with E-state index in [-0.39, 0.29) is 5.97 Å². The van der Waals surface area contributed by atoms with Crippen molar-refractivity contribution in [3.63, 3.8) is 0 Å². The molecule has 1 aromatic rings. The maximum atomic E-state index is 12.2. The van der Waals surface area contributed by atoms with Crippen LogP contribution in [0.15, 0.2) is 24.3 Å². The molecule has 0 unspecified atom stereocenters. The van der Waals surface area contributed by atoms with Gasteiger partial charge in [0.1, 0.15) is 5.54 Å². The summed E-state index contributed by atoms with van der Waals surface area (Å²) in [7, 11) is 0. The van der Waals surface area contributed by atoms with E-state index < -0.39 is 5.54 Å². The van der Waals surface area contributed by atoms with Crippen molar-refractivity contribution in [1.82, 2.24) is 0 Å². The smallest absolute Gasteiger partial charge is 0.331 e. The lowest BCUT2D eigenvalue weighted by atomic mass is 9.92. The minimum Gasteiger partial charge on any atom is -0.464 e. The van der Waals surface area contributed by atoms with E-state index in [1.165, 1.54) is 0 Å². The van der Waals surface area contributed by atoms with Crippen LogP contribution < -0.4 is 5.32 Å². The highest BCUT2D eigenvalue weighted by molar-refractivity contribution is 5.84. The van der Waals surface area contributed by atoms with E-state index in [1.54, 1.807) is 0 Å². The van der Waals surface area contributed by atoms with Crippen LogP contribution in [-0.4, -0.2) is 18.1 Å². The fraction of sp³-hybridized carbons (Fsp3) is 0.533. The van der Waals surface area contributed by atoms with Gasteiger partial charge in [0.2, 0.25) is 0 Å². The van der Waals surface area contributed by atoms with Crippen molar-refractivity contribution in [1.29, 1.82) is 0 Å². The predicted molar refractivity (Wildman–Crippen MR) is 74.7 cm³/mol. The number of carbonyl (C=O) groups is 1. The first-order valence-electron chi connectivity index (χ1n) is 6.60. The molecule has 0 spiro atoms. The average molecular weight is 249 g/mol. The predicted octanol–water partition coefficient (Wildman–Crippen LogP) is 3.53. The monoisotopic (exact) mass is 249 g/mol. The van der Waals surface area contributed by atoms with Crippen LogP contribution >= 0.6 is 0 Å². The Morgan fingerprint density at radius 2 is 1.83 bits per heavy atom. The van der Waals surface area contributed by atoms with Crippen molar-refractivity contribution >= 4 is 11.7 Å². The topological polar surface area (TPSA) is 38.3 Å². The number of ether oxygens (including phenoxy) is 1. The SMILES string of the molecule is CCOC(=O)C(CC)(CC)Nc1ccccc1C. The summed E-state index contributed by atoms with van der Waals surface area (Å²) in [6.45, 7) is 8.29. The second-order valence-corrected chi connectivity index (χ2v) is 4.45. The van der Waals surface area contributed by atoms with Gasteiger partial charge in [-0.3, -0.25) is 0 Å². The lowest BCUT2D eigenvalue weighted by Gasteiger charge is -2.32. The number of hydrogen-bond acceptors (Lipinski definition) is 3. The Bertz CT molecular complexity index is 397. The number of benzene rings is 1. The van der Waals surface area contributed by atoms with Crippen LogP contribution in [0.2, 0.25) is 0 Å². The molecule has 0 saturated carbocycles. The van der Waals surface area contributed by atoms with E-state index in [1.807, 2.05) is 52.0 Å². The van der Waals surface area contributed by atoms with Crippen LogP contribution in [0.25, 0.3) is 0 Å². The molecule has 1 rings (SSSR count). The number of anilines is 1. The van der Waals surface area contributed by atoms with E-state index in [0.717, 1.165) is 11.3 Å². The summed E-state index contributed by atoms with van der Waals surface area (Å²) in [6.07, 6.45) is 1.41. The van der Waals surface area contributed by atoms with E-state index in [0.29, 0.717) is 19.4 Å². The van der Waals surface area contributed by atoms with Crippen molar-refractivity contribution in [2.45, 2.75) is 46.1 Å². The Morgan fingerprint density at radius 1 is 1.22 bits per heavy atom. The lowest BCUT2D eigenvalue weighted by Crippen LogP contribution is -2.46. The molecule has 100 valence electrons. The number of rotatable bonds is 6. The van der Waals surface area contributed by atoms with Crippen molar-refractivity contribution < 1.29 is 9.53 Å². The molecule has 0 aliphatic rings. The molecule has 0 aliphatic heterocycles. The summed E-state index contributed by atoms with van der Waals surface area (Å²) in [5, 5.41) is 3.37. The van der Waals surface area contributed by atoms with Gasteiger partial charge in [0.25, 0.3) is 0 Å². The lowest BCUT2D eigenvalue weighted by molar-refractivity contribution is -0.148. The Labute approximate surface area is 110 Å². The standard InChI is InChI=1S/C15H23NO2/c1-5-15(6-2,14(17)18-7-3)16-13-11-9-8-10-12(13)4/h8-11,16H,5-7H2,1-4H3. The molecule has 1 N–H and O–H groups in total. The van der Waals surface area contributed by atoms with E-state index in [4.69, 9.17) is 4.74 Å². The van der Waals surface area contributed by atoms with E-state index in [2.05, 4.69) is 5.32 Å². The molecule has 0 amide bonds. The first-order valence-corrected chi connectivity index (χ1v) is 6.60. The fourth-order valence-corrected chi connectivity index (χ4v) is 2.01. The maximum Gasteiger partial charge on any atom is 0.331 e. The third kappa shape index (κ3) is 3.03. The van der Waals surface area contributed by atoms with Crippen LogP contribution in [0.4, 0.5) is 5.69 Å². The van der Waals surface area contributed by atoms with Gasteiger partial charge in [-0.15, -0.1) is 0 Å². The number of esters is 1. The fourth-order valence-electron chi connectivity index (χ4n) is 2.01. The minimum absolute atomic E-state index is 0.168. The molecule has 0 radical (unpaired) electrons. The highest BCUT2D eigenvalue weighted by Crippen LogP contribution is 2.26. The largest absolute Gasteiger partial charge is 0.464 e. The molecule has 0 aromatic heterocycles. The molecular weight excluding hydrogens is 226 g/mol. The normalized spacial score (nSPS) is 11.1. The quantitative estimate of drug-likeness (QED) is 0.784. The van der Waals surface area contributed by atoms with Crippen LogP contribution in [0.5, 0.6) is 0 Å². The second kappa shape index (κ2) is 6.43. The Kier molecular flexibility index (Phi) is 5.20. The highest BCUT2D eigenvalue weighted by Gasteiger charge is 2.36. The van der Waals surface area contributed by atoms with Crippen LogP contribution in [0.1, 0.15) is 39.2 Å². The van der Waals surface area contributed by atoms with Crippen molar-refractivity contribution in [3.05, 3.63) is 29.8 Å². The van der Waals surface area contributed by atoms with Crippen molar-refractivity contribution in [2.24, 2.45) is 0 Å². The van der Waals surface area contributed by atoms with Gasteiger partial charge in [0.15, 0.2) is 0 Å². The molecule has 0 fully saturated rings. The summed E-state index contributed by atoms with van der Waals surface area (Å²) in [6, 6.07) is 7.99. The molecule has 1 aromatic carbocycles. The first-order chi connectivity index (χ1) is 8.59. The van der Waals surface area contributed by atoms with Crippen molar-refractivity contribution in [2.75, 3.05) is 11.9 Å². The van der Waals surface area contributed by atoms with E-state index in [9.17, 15) is 4.79 Å². The minimum atomic E-state index is -0.623. The zero-order chi connectivity index (χ0) is 13.6. The van der Waals surface area contributed by atoms with Gasteiger partial charge in [-0.25, -0.2) is 4.79 Å². The third-order valence-corrected chi connectivity index (χ3v) is 3.39. The van der Waals surface area contributed by atoms with Crippen LogP contribution in [0, 0.1) is 6.92 Å². The van der Waals surface area contributed by atoms with Gasteiger partial charge in [-0.1, -0.05) is 32.0 Å². The second-order valence-electron chi connectivity index (χ2n) is 4.45. The molecule has 0 saturated heterocycles. The number of carbonyl (C=O) groups excluding carboxylic acids is 1. The molecule has 3 heteroatoms. The Balaban J connectivity index is 2.99. The van der Waals surface area contributed by atoms with Crippen LogP contribution in [-0.2, 0) is 9.53 Å². The zero-order valence-corrected chi connectivity index (χ0v) is 11.7. The zero-order valence-electron chi connectivity index (χ0n) is 11.7. The van der Waals surface area contributed by atoms with Gasteiger partial charge in [-0.2, -0.15) is 0 Å². The van der Waals surface area contributed by atoms with Gasteiger partial charge in [0.05, 0.1) is 6.61 Å². The first kappa shape index (κ1) is 14.6. The van der Waals surface area contributed by atoms with Gasteiger partial charge in [0, 0.05) is 5.69 Å². The molecular formula is C15H23NO2. The molecule has 0 heterocycles. The Morgan fingerprint density at radius 3 is 2.33 bits per heavy atom. The molecule has 3 nitrogen and oxygen atoms in total. The summed E-state index contributed by atoms with van der Waals surface area (Å²) >= 11 is 0. The summed E-state index contributed by atoms with van der Waals surface area (Å²) < 4.78 is 5.20. The molecule has 18 heavy (non-hydrogen) atoms. The van der Waals surface area contributed by atoms with Gasteiger partial charge < -0.3 is 10.1 Å². The Hall–Kier alpha value is -1.51. The van der Waals surface area contributed by atoms with Gasteiger partial charge in [-0.05, 0) is 38.3 Å². The summed E-state index contributed by atoms with van der Waals surface area (Å²) in [5.41, 5.74) is 1.50. The van der Waals surface area contributed by atoms with Gasteiger partial charge >= 0.3 is 5.97 Å². The summed E-state index contributed by atoms with van der Waals surface area (Å²) in [4.78, 5) is 12.2. The number of nitrogens with one attached hydrogen (secondary N) is 1. The third-order valence-electron chi connectivity index (χ3n) is 3.39. The molecule has 0 aliphatic carbocycles. The van der Waals surface area contributed by atoms with Crippen LogP contribution in [0.3, 0.4) is 0 Å². The highest BCUT2D eigenvalue weighted by atomic mass is 16.5. The van der Waals surface area contributed by atoms with Crippen molar-refractivity contribution in [3.8, 4) is 0 Å². The number of aryl methyl sites for hydroxylation is 1. The molecule has 0 atom stereocenters. The number of para-hydroxylation sites is 1. The number of hydrogen-bond donors (Lipinski definition) is 1.